The van der Waals surface area contributed by atoms with Gasteiger partial charge in [-0.1, -0.05) is 11.6 Å². The minimum atomic E-state index is -0.639. The van der Waals surface area contributed by atoms with E-state index in [1.807, 2.05) is 0 Å². The second-order valence-corrected chi connectivity index (χ2v) is 5.19. The first-order chi connectivity index (χ1) is 11.1. The van der Waals surface area contributed by atoms with Crippen molar-refractivity contribution in [3.05, 3.63) is 69.2 Å². The van der Waals surface area contributed by atoms with E-state index in [1.165, 1.54) is 6.08 Å². The molecule has 0 aliphatic carbocycles. The van der Waals surface area contributed by atoms with E-state index in [1.54, 1.807) is 49.6 Å². The molecule has 0 aliphatic rings. The average Bonchev–Trinajstić information content (AvgIpc) is 2.56. The molecule has 23 heavy (non-hydrogen) atoms. The molecule has 0 amide bonds. The van der Waals surface area contributed by atoms with Crippen molar-refractivity contribution in [1.82, 2.24) is 4.98 Å². The molecule has 0 aliphatic heterocycles. The van der Waals surface area contributed by atoms with Crippen LogP contribution >= 0.6 is 11.6 Å². The Bertz CT molecular complexity index is 945. The Morgan fingerprint density at radius 3 is 2.70 bits per heavy atom. The summed E-state index contributed by atoms with van der Waals surface area (Å²) in [5.74, 6) is 0.563. The van der Waals surface area contributed by atoms with Crippen LogP contribution in [0.15, 0.2) is 51.7 Å². The molecule has 0 saturated heterocycles. The molecule has 5 nitrogen and oxygen atoms in total. The Morgan fingerprint density at radius 2 is 2.00 bits per heavy atom. The summed E-state index contributed by atoms with van der Waals surface area (Å²) in [5.41, 5.74) is 0.650. The lowest BCUT2D eigenvalue weighted by atomic mass is 10.1. The van der Waals surface area contributed by atoms with Gasteiger partial charge in [0.05, 0.1) is 7.11 Å². The van der Waals surface area contributed by atoms with Crippen molar-refractivity contribution in [3.63, 3.8) is 0 Å². The third-order valence-corrected chi connectivity index (χ3v) is 3.47. The number of ether oxygens (including phenoxy) is 1. The molecular formula is C17H12ClNO4. The molecule has 116 valence electrons. The molecule has 1 heterocycles. The second kappa shape index (κ2) is 6.14. The molecule has 1 N–H and O–H groups in total. The van der Waals surface area contributed by atoms with Gasteiger partial charge in [0.15, 0.2) is 11.3 Å². The first-order valence-corrected chi connectivity index (χ1v) is 7.10. The maximum Gasteiger partial charge on any atom is 0.362 e. The molecule has 0 radical (unpaired) electrons. The zero-order chi connectivity index (χ0) is 16.4. The van der Waals surface area contributed by atoms with Gasteiger partial charge in [-0.3, -0.25) is 0 Å². The number of aliphatic hydroxyl groups is 1. The maximum atomic E-state index is 11.9. The molecule has 0 spiro atoms. The highest BCUT2D eigenvalue weighted by Crippen LogP contribution is 2.20. The first kappa shape index (κ1) is 15.1. The summed E-state index contributed by atoms with van der Waals surface area (Å²) in [6.07, 6.45) is 1.26. The Labute approximate surface area is 136 Å². The third kappa shape index (κ3) is 3.19. The van der Waals surface area contributed by atoms with Crippen LogP contribution in [0, 0.1) is 0 Å². The van der Waals surface area contributed by atoms with Gasteiger partial charge in [0.1, 0.15) is 17.0 Å². The van der Waals surface area contributed by atoms with Crippen LogP contribution in [-0.2, 0) is 0 Å². The van der Waals surface area contributed by atoms with Crippen LogP contribution in [0.1, 0.15) is 11.3 Å². The zero-order valence-corrected chi connectivity index (χ0v) is 12.9. The smallest absolute Gasteiger partial charge is 0.362 e. The van der Waals surface area contributed by atoms with Crippen LogP contribution in [0.25, 0.3) is 22.9 Å². The summed E-state index contributed by atoms with van der Waals surface area (Å²) in [4.78, 5) is 16.1. The summed E-state index contributed by atoms with van der Waals surface area (Å²) >= 11 is 5.90. The van der Waals surface area contributed by atoms with Gasteiger partial charge in [-0.15, -0.1) is 0 Å². The number of hydrogen-bond acceptors (Lipinski definition) is 5. The van der Waals surface area contributed by atoms with Gasteiger partial charge in [0, 0.05) is 16.7 Å². The van der Waals surface area contributed by atoms with E-state index >= 15 is 0 Å². The molecule has 0 bridgehead atoms. The lowest BCUT2D eigenvalue weighted by Gasteiger charge is -2.03. The zero-order valence-electron chi connectivity index (χ0n) is 12.1. The van der Waals surface area contributed by atoms with Gasteiger partial charge < -0.3 is 14.3 Å². The molecule has 0 saturated carbocycles. The van der Waals surface area contributed by atoms with E-state index in [4.69, 9.17) is 20.8 Å². The number of rotatable bonds is 3. The summed E-state index contributed by atoms with van der Waals surface area (Å²) < 4.78 is 10.2. The fourth-order valence-corrected chi connectivity index (χ4v) is 2.22. The molecule has 6 heteroatoms. The largest absolute Gasteiger partial charge is 0.507 e. The molecule has 0 unspecified atom stereocenters. The molecule has 3 rings (SSSR count). The quantitative estimate of drug-likeness (QED) is 0.738. The SMILES string of the molecule is COc1ccc(C(O)=Cc2nc3cc(Cl)ccc3oc2=O)cc1. The lowest BCUT2D eigenvalue weighted by Crippen LogP contribution is -2.06. The summed E-state index contributed by atoms with van der Waals surface area (Å²) in [6, 6.07) is 11.5. The van der Waals surface area contributed by atoms with Crippen molar-refractivity contribution in [2.24, 2.45) is 0 Å². The van der Waals surface area contributed by atoms with Crippen LogP contribution in [-0.4, -0.2) is 17.2 Å². The van der Waals surface area contributed by atoms with Crippen LogP contribution in [0.2, 0.25) is 5.02 Å². The van der Waals surface area contributed by atoms with Crippen LogP contribution < -0.4 is 10.4 Å². The highest BCUT2D eigenvalue weighted by atomic mass is 35.5. The number of halogens is 1. The topological polar surface area (TPSA) is 72.6 Å². The molecular weight excluding hydrogens is 318 g/mol. The highest BCUT2D eigenvalue weighted by Gasteiger charge is 2.08. The summed E-state index contributed by atoms with van der Waals surface area (Å²) in [6.45, 7) is 0. The van der Waals surface area contributed by atoms with Gasteiger partial charge in [0.2, 0.25) is 0 Å². The van der Waals surface area contributed by atoms with Crippen molar-refractivity contribution in [3.8, 4) is 5.75 Å². The van der Waals surface area contributed by atoms with E-state index in [9.17, 15) is 9.90 Å². The Kier molecular flexibility index (Phi) is 4.04. The minimum Gasteiger partial charge on any atom is -0.507 e. The molecule has 1 aromatic heterocycles. The van der Waals surface area contributed by atoms with Gasteiger partial charge in [0.25, 0.3) is 0 Å². The third-order valence-electron chi connectivity index (χ3n) is 3.23. The van der Waals surface area contributed by atoms with Crippen LogP contribution in [0.3, 0.4) is 0 Å². The molecule has 0 atom stereocenters. The number of aliphatic hydroxyl groups excluding tert-OH is 1. The minimum absolute atomic E-state index is 0.00640. The Balaban J connectivity index is 2.04. The average molecular weight is 330 g/mol. The lowest BCUT2D eigenvalue weighted by molar-refractivity contribution is 0.414. The number of methoxy groups -OCH3 is 1. The predicted octanol–water partition coefficient (Wildman–Crippen LogP) is 3.91. The number of benzene rings is 2. The number of fused-ring (bicyclic) bond motifs is 1. The second-order valence-electron chi connectivity index (χ2n) is 4.76. The highest BCUT2D eigenvalue weighted by molar-refractivity contribution is 6.31. The van der Waals surface area contributed by atoms with Crippen molar-refractivity contribution in [2.75, 3.05) is 7.11 Å². The van der Waals surface area contributed by atoms with E-state index in [0.717, 1.165) is 0 Å². The monoisotopic (exact) mass is 329 g/mol. The molecule has 0 fully saturated rings. The van der Waals surface area contributed by atoms with Crippen molar-refractivity contribution >= 4 is 34.5 Å². The van der Waals surface area contributed by atoms with Crippen LogP contribution in [0.4, 0.5) is 0 Å². The fourth-order valence-electron chi connectivity index (χ4n) is 2.06. The Morgan fingerprint density at radius 1 is 1.26 bits per heavy atom. The van der Waals surface area contributed by atoms with Crippen LogP contribution in [0.5, 0.6) is 5.75 Å². The summed E-state index contributed by atoms with van der Waals surface area (Å²) in [7, 11) is 1.56. The predicted molar refractivity (Wildman–Crippen MR) is 88.8 cm³/mol. The van der Waals surface area contributed by atoms with Gasteiger partial charge >= 0.3 is 5.63 Å². The molecule has 3 aromatic rings. The standard InChI is InChI=1S/C17H12ClNO4/c1-22-12-5-2-10(3-6-12)15(20)9-14-17(21)23-16-7-4-11(18)8-13(16)19-14/h2-9,20H,1H3. The maximum absolute atomic E-state index is 11.9. The van der Waals surface area contributed by atoms with Gasteiger partial charge in [-0.2, -0.15) is 0 Å². The fraction of sp³-hybridized carbons (Fsp3) is 0.0588. The van der Waals surface area contributed by atoms with E-state index in [0.29, 0.717) is 27.4 Å². The van der Waals surface area contributed by atoms with Gasteiger partial charge in [-0.25, -0.2) is 9.78 Å². The van der Waals surface area contributed by atoms with E-state index in [-0.39, 0.29) is 11.5 Å². The number of aromatic nitrogens is 1. The van der Waals surface area contributed by atoms with E-state index in [2.05, 4.69) is 4.98 Å². The number of hydrogen-bond donors (Lipinski definition) is 1. The first-order valence-electron chi connectivity index (χ1n) is 6.72. The Hall–Kier alpha value is -2.79. The van der Waals surface area contributed by atoms with Crippen molar-refractivity contribution in [2.45, 2.75) is 0 Å². The van der Waals surface area contributed by atoms with Crippen molar-refractivity contribution in [1.29, 1.82) is 0 Å². The normalized spacial score (nSPS) is 11.7. The van der Waals surface area contributed by atoms with Crippen molar-refractivity contribution < 1.29 is 14.3 Å². The summed E-state index contributed by atoms with van der Waals surface area (Å²) in [5, 5.41) is 10.6. The van der Waals surface area contributed by atoms with Gasteiger partial charge in [-0.05, 0) is 42.5 Å². The number of nitrogens with zero attached hydrogens (tertiary/aromatic N) is 1. The van der Waals surface area contributed by atoms with E-state index < -0.39 is 5.63 Å². The molecule has 2 aromatic carbocycles.